The molecule has 6 heteroatoms. The number of rotatable bonds is 7. The highest BCUT2D eigenvalue weighted by Gasteiger charge is 2.42. The lowest BCUT2D eigenvalue weighted by Gasteiger charge is -2.37. The predicted molar refractivity (Wildman–Crippen MR) is 90.5 cm³/mol. The predicted octanol–water partition coefficient (Wildman–Crippen LogP) is 3.31. The van der Waals surface area contributed by atoms with Crippen molar-refractivity contribution < 1.29 is 14.7 Å². The number of amides is 1. The Hall–Kier alpha value is -1.43. The topological polar surface area (TPSA) is 79.3 Å². The first-order valence-electron chi connectivity index (χ1n) is 8.40. The highest BCUT2D eigenvalue weighted by molar-refractivity contribution is 7.09. The van der Waals surface area contributed by atoms with Crippen molar-refractivity contribution in [3.63, 3.8) is 0 Å². The van der Waals surface area contributed by atoms with E-state index in [1.54, 1.807) is 11.3 Å². The zero-order chi connectivity index (χ0) is 16.9. The number of carbonyl (C=O) groups is 2. The van der Waals surface area contributed by atoms with E-state index in [0.717, 1.165) is 36.4 Å². The number of aliphatic carboxylic acids is 1. The summed E-state index contributed by atoms with van der Waals surface area (Å²) in [6.07, 6.45) is 5.72. The Bertz CT molecular complexity index is 548. The summed E-state index contributed by atoms with van der Waals surface area (Å²) in [5, 5.41) is 15.4. The molecule has 0 aliphatic heterocycles. The lowest BCUT2D eigenvalue weighted by atomic mass is 9.75. The molecule has 2 N–H and O–H groups in total. The number of aryl methyl sites for hydroxylation is 2. The Balaban J connectivity index is 1.82. The molecule has 1 heterocycles. The third kappa shape index (κ3) is 4.77. The number of nitrogens with one attached hydrogen (secondary N) is 1. The maximum atomic E-state index is 12.2. The van der Waals surface area contributed by atoms with Gasteiger partial charge in [-0.15, -0.1) is 11.3 Å². The van der Waals surface area contributed by atoms with Gasteiger partial charge in [-0.25, -0.2) is 9.78 Å². The lowest BCUT2D eigenvalue weighted by Crippen LogP contribution is -2.56. The van der Waals surface area contributed by atoms with Gasteiger partial charge < -0.3 is 10.4 Å². The van der Waals surface area contributed by atoms with E-state index in [4.69, 9.17) is 0 Å². The second kappa shape index (κ2) is 7.90. The molecule has 1 amide bonds. The smallest absolute Gasteiger partial charge is 0.329 e. The van der Waals surface area contributed by atoms with Crippen LogP contribution >= 0.6 is 11.3 Å². The van der Waals surface area contributed by atoms with Crippen LogP contribution in [0.2, 0.25) is 0 Å². The summed E-state index contributed by atoms with van der Waals surface area (Å²) in [5.41, 5.74) is -0.0447. The summed E-state index contributed by atoms with van der Waals surface area (Å²) in [6.45, 7) is 4.10. The van der Waals surface area contributed by atoms with Gasteiger partial charge in [0.25, 0.3) is 0 Å². The van der Waals surface area contributed by atoms with E-state index in [1.165, 1.54) is 0 Å². The van der Waals surface area contributed by atoms with Gasteiger partial charge in [-0.3, -0.25) is 4.79 Å². The fraction of sp³-hybridized carbons (Fsp3) is 0.706. The Labute approximate surface area is 141 Å². The summed E-state index contributed by atoms with van der Waals surface area (Å²) < 4.78 is 0. The highest BCUT2D eigenvalue weighted by atomic mass is 32.1. The van der Waals surface area contributed by atoms with Crippen LogP contribution in [0.15, 0.2) is 5.38 Å². The number of hydrogen-bond donors (Lipinski definition) is 2. The second-order valence-corrected chi connectivity index (χ2v) is 7.56. The van der Waals surface area contributed by atoms with E-state index in [0.29, 0.717) is 31.6 Å². The van der Waals surface area contributed by atoms with Gasteiger partial charge in [0, 0.05) is 11.8 Å². The first-order chi connectivity index (χ1) is 10.9. The van der Waals surface area contributed by atoms with Crippen molar-refractivity contribution in [3.05, 3.63) is 16.1 Å². The molecule has 0 atom stereocenters. The van der Waals surface area contributed by atoms with Crippen molar-refractivity contribution >= 4 is 23.2 Å². The fourth-order valence-corrected chi connectivity index (χ4v) is 3.90. The van der Waals surface area contributed by atoms with Gasteiger partial charge in [0.2, 0.25) is 5.91 Å². The normalized spacial score (nSPS) is 24.3. The average Bonchev–Trinajstić information content (AvgIpc) is 2.93. The van der Waals surface area contributed by atoms with Crippen LogP contribution in [0.4, 0.5) is 0 Å². The van der Waals surface area contributed by atoms with Gasteiger partial charge in [0.05, 0.1) is 10.7 Å². The van der Waals surface area contributed by atoms with Crippen LogP contribution in [0.3, 0.4) is 0 Å². The van der Waals surface area contributed by atoms with Crippen LogP contribution in [-0.4, -0.2) is 27.5 Å². The Kier molecular flexibility index (Phi) is 6.16. The van der Waals surface area contributed by atoms with Crippen molar-refractivity contribution in [3.8, 4) is 0 Å². The van der Waals surface area contributed by atoms with Crippen LogP contribution in [0.5, 0.6) is 0 Å². The first-order valence-corrected chi connectivity index (χ1v) is 9.28. The van der Waals surface area contributed by atoms with Crippen LogP contribution in [0.25, 0.3) is 0 Å². The van der Waals surface area contributed by atoms with Gasteiger partial charge >= 0.3 is 5.97 Å². The molecule has 0 unspecified atom stereocenters. The van der Waals surface area contributed by atoms with Crippen molar-refractivity contribution in [2.45, 2.75) is 70.8 Å². The molecular weight excluding hydrogens is 312 g/mol. The van der Waals surface area contributed by atoms with Gasteiger partial charge in [-0.05, 0) is 51.4 Å². The average molecular weight is 338 g/mol. The number of carboxylic acid groups (broad SMARTS) is 1. The van der Waals surface area contributed by atoms with Crippen molar-refractivity contribution in [2.24, 2.45) is 5.92 Å². The number of hydrogen-bond acceptors (Lipinski definition) is 4. The molecule has 1 aromatic heterocycles. The van der Waals surface area contributed by atoms with Crippen LogP contribution in [0, 0.1) is 12.8 Å². The molecule has 0 spiro atoms. The van der Waals surface area contributed by atoms with Gasteiger partial charge in [-0.2, -0.15) is 0 Å². The summed E-state index contributed by atoms with van der Waals surface area (Å²) in [7, 11) is 0. The minimum Gasteiger partial charge on any atom is -0.480 e. The molecule has 0 radical (unpaired) electrons. The summed E-state index contributed by atoms with van der Waals surface area (Å²) in [5.74, 6) is -0.461. The van der Waals surface area contributed by atoms with Gasteiger partial charge in [-0.1, -0.05) is 13.3 Å². The highest BCUT2D eigenvalue weighted by Crippen LogP contribution is 2.34. The number of aromatic nitrogens is 1. The molecule has 5 nitrogen and oxygen atoms in total. The minimum atomic E-state index is -1.06. The molecule has 0 bridgehead atoms. The molecule has 1 saturated carbocycles. The number of nitrogens with zero attached hydrogens (tertiary/aromatic N) is 1. The largest absolute Gasteiger partial charge is 0.480 e. The van der Waals surface area contributed by atoms with Crippen molar-refractivity contribution in [2.75, 3.05) is 0 Å². The first kappa shape index (κ1) is 17.9. The fourth-order valence-electron chi connectivity index (χ4n) is 3.25. The standard InChI is InChI=1S/C17H26N2O3S/c1-3-13-7-9-17(10-8-13,16(21)22)19-15(20)6-4-5-14-11-23-12(2)18-14/h11,13H,3-10H2,1-2H3,(H,19,20)(H,21,22). The molecule has 23 heavy (non-hydrogen) atoms. The molecule has 1 aromatic rings. The molecule has 0 saturated heterocycles. The van der Waals surface area contributed by atoms with E-state index < -0.39 is 11.5 Å². The van der Waals surface area contributed by atoms with Crippen LogP contribution in [0.1, 0.15) is 62.6 Å². The maximum absolute atomic E-state index is 12.2. The van der Waals surface area contributed by atoms with E-state index in [-0.39, 0.29) is 5.91 Å². The molecule has 0 aromatic carbocycles. The summed E-state index contributed by atoms with van der Waals surface area (Å²) >= 11 is 1.61. The molecule has 1 fully saturated rings. The molecule has 1 aliphatic rings. The quantitative estimate of drug-likeness (QED) is 0.799. The summed E-state index contributed by atoms with van der Waals surface area (Å²) in [6, 6.07) is 0. The maximum Gasteiger partial charge on any atom is 0.329 e. The zero-order valence-electron chi connectivity index (χ0n) is 13.9. The van der Waals surface area contributed by atoms with E-state index in [2.05, 4.69) is 17.2 Å². The lowest BCUT2D eigenvalue weighted by molar-refractivity contribution is -0.149. The Morgan fingerprint density at radius 2 is 2.13 bits per heavy atom. The van der Waals surface area contributed by atoms with E-state index in [1.807, 2.05) is 12.3 Å². The molecular formula is C17H26N2O3S. The summed E-state index contributed by atoms with van der Waals surface area (Å²) in [4.78, 5) is 28.2. The number of thiazole rings is 1. The van der Waals surface area contributed by atoms with Crippen LogP contribution < -0.4 is 5.32 Å². The number of carbonyl (C=O) groups excluding carboxylic acids is 1. The van der Waals surface area contributed by atoms with E-state index in [9.17, 15) is 14.7 Å². The SMILES string of the molecule is CCC1CCC(NC(=O)CCCc2csc(C)n2)(C(=O)O)CC1. The second-order valence-electron chi connectivity index (χ2n) is 6.50. The number of carboxylic acids is 1. The third-order valence-electron chi connectivity index (χ3n) is 4.83. The Morgan fingerprint density at radius 1 is 1.43 bits per heavy atom. The molecule has 2 rings (SSSR count). The van der Waals surface area contributed by atoms with Gasteiger partial charge in [0.15, 0.2) is 0 Å². The van der Waals surface area contributed by atoms with Crippen molar-refractivity contribution in [1.29, 1.82) is 0 Å². The van der Waals surface area contributed by atoms with Crippen LogP contribution in [-0.2, 0) is 16.0 Å². The Morgan fingerprint density at radius 3 is 2.65 bits per heavy atom. The minimum absolute atomic E-state index is 0.158. The molecule has 1 aliphatic carbocycles. The zero-order valence-corrected chi connectivity index (χ0v) is 14.7. The van der Waals surface area contributed by atoms with Crippen molar-refractivity contribution in [1.82, 2.24) is 10.3 Å². The van der Waals surface area contributed by atoms with Gasteiger partial charge in [0.1, 0.15) is 5.54 Å². The molecule has 128 valence electrons. The monoisotopic (exact) mass is 338 g/mol. The van der Waals surface area contributed by atoms with E-state index >= 15 is 0 Å². The third-order valence-corrected chi connectivity index (χ3v) is 5.65.